The van der Waals surface area contributed by atoms with Crippen LogP contribution in [0.5, 0.6) is 0 Å². The van der Waals surface area contributed by atoms with Gasteiger partial charge in [0.05, 0.1) is 11.4 Å². The highest BCUT2D eigenvalue weighted by atomic mass is 35.5. The van der Waals surface area contributed by atoms with E-state index in [0.717, 1.165) is 11.4 Å². The summed E-state index contributed by atoms with van der Waals surface area (Å²) < 4.78 is 1.59. The summed E-state index contributed by atoms with van der Waals surface area (Å²) in [6.45, 7) is 1.87. The van der Waals surface area contributed by atoms with Crippen LogP contribution in [0.1, 0.15) is 5.69 Å². The average molecular weight is 262 g/mol. The van der Waals surface area contributed by atoms with Crippen molar-refractivity contribution in [1.29, 1.82) is 0 Å². The van der Waals surface area contributed by atoms with Gasteiger partial charge >= 0.3 is 0 Å². The van der Waals surface area contributed by atoms with Crippen LogP contribution in [-0.4, -0.2) is 9.78 Å². The molecule has 1 aromatic heterocycles. The van der Waals surface area contributed by atoms with Crippen molar-refractivity contribution >= 4 is 34.8 Å². The Morgan fingerprint density at radius 1 is 1.00 bits per heavy atom. The van der Waals surface area contributed by atoms with Gasteiger partial charge in [0, 0.05) is 10.0 Å². The number of rotatable bonds is 1. The molecule has 0 N–H and O–H groups in total. The van der Waals surface area contributed by atoms with Gasteiger partial charge in [0.25, 0.3) is 0 Å². The summed E-state index contributed by atoms with van der Waals surface area (Å²) in [5.41, 5.74) is 1.60. The van der Waals surface area contributed by atoms with Gasteiger partial charge in [0.1, 0.15) is 5.15 Å². The number of hydrogen-bond donors (Lipinski definition) is 0. The molecule has 0 radical (unpaired) electrons. The van der Waals surface area contributed by atoms with E-state index < -0.39 is 0 Å². The van der Waals surface area contributed by atoms with E-state index in [2.05, 4.69) is 5.10 Å². The van der Waals surface area contributed by atoms with Crippen molar-refractivity contribution in [3.8, 4) is 5.69 Å². The van der Waals surface area contributed by atoms with Gasteiger partial charge in [-0.2, -0.15) is 5.10 Å². The van der Waals surface area contributed by atoms with Crippen LogP contribution < -0.4 is 0 Å². The molecule has 1 heterocycles. The normalized spacial score (nSPS) is 10.7. The molecule has 15 heavy (non-hydrogen) atoms. The molecule has 0 atom stereocenters. The summed E-state index contributed by atoms with van der Waals surface area (Å²) in [5.74, 6) is 0. The van der Waals surface area contributed by atoms with Crippen molar-refractivity contribution in [3.05, 3.63) is 45.2 Å². The molecular weight excluding hydrogens is 254 g/mol. The van der Waals surface area contributed by atoms with Gasteiger partial charge in [-0.1, -0.05) is 34.8 Å². The van der Waals surface area contributed by atoms with Crippen LogP contribution in [0.4, 0.5) is 0 Å². The van der Waals surface area contributed by atoms with Gasteiger partial charge in [0.15, 0.2) is 0 Å². The van der Waals surface area contributed by atoms with Gasteiger partial charge in [0.2, 0.25) is 0 Å². The second-order valence-corrected chi connectivity index (χ2v) is 4.41. The number of aryl methyl sites for hydroxylation is 1. The Morgan fingerprint density at radius 2 is 1.60 bits per heavy atom. The van der Waals surface area contributed by atoms with Gasteiger partial charge in [-0.15, -0.1) is 0 Å². The maximum atomic E-state index is 6.00. The molecule has 0 fully saturated rings. The molecule has 1 aromatic carbocycles. The topological polar surface area (TPSA) is 17.8 Å². The molecule has 0 aliphatic rings. The number of halogens is 3. The Labute approximate surface area is 102 Å². The highest BCUT2D eigenvalue weighted by Crippen LogP contribution is 2.24. The van der Waals surface area contributed by atoms with E-state index in [4.69, 9.17) is 34.8 Å². The Kier molecular flexibility index (Phi) is 2.91. The maximum Gasteiger partial charge on any atom is 0.133 e. The molecule has 5 heteroatoms. The van der Waals surface area contributed by atoms with Crippen molar-refractivity contribution in [2.45, 2.75) is 6.92 Å². The molecule has 0 aliphatic heterocycles. The number of aromatic nitrogens is 2. The first-order valence-electron chi connectivity index (χ1n) is 4.25. The minimum Gasteiger partial charge on any atom is -0.222 e. The molecule has 0 amide bonds. The second kappa shape index (κ2) is 4.05. The maximum absolute atomic E-state index is 6.00. The molecule has 0 saturated carbocycles. The quantitative estimate of drug-likeness (QED) is 0.754. The summed E-state index contributed by atoms with van der Waals surface area (Å²) in [7, 11) is 0. The Balaban J connectivity index is 2.58. The van der Waals surface area contributed by atoms with E-state index in [1.165, 1.54) is 0 Å². The fourth-order valence-electron chi connectivity index (χ4n) is 1.31. The van der Waals surface area contributed by atoms with Crippen LogP contribution in [0.2, 0.25) is 15.2 Å². The molecule has 0 spiro atoms. The van der Waals surface area contributed by atoms with E-state index in [9.17, 15) is 0 Å². The van der Waals surface area contributed by atoms with Crippen LogP contribution in [0.25, 0.3) is 5.69 Å². The predicted molar refractivity (Wildman–Crippen MR) is 63.3 cm³/mol. The van der Waals surface area contributed by atoms with Crippen molar-refractivity contribution in [2.75, 3.05) is 0 Å². The zero-order valence-electron chi connectivity index (χ0n) is 7.84. The Hall–Kier alpha value is -0.700. The van der Waals surface area contributed by atoms with Crippen molar-refractivity contribution < 1.29 is 0 Å². The second-order valence-electron chi connectivity index (χ2n) is 3.15. The van der Waals surface area contributed by atoms with Crippen LogP contribution in [0, 0.1) is 6.92 Å². The van der Waals surface area contributed by atoms with Crippen molar-refractivity contribution in [2.24, 2.45) is 0 Å². The molecule has 0 saturated heterocycles. The third-order valence-corrected chi connectivity index (χ3v) is 2.59. The molecule has 2 nitrogen and oxygen atoms in total. The van der Waals surface area contributed by atoms with Gasteiger partial charge in [-0.25, -0.2) is 4.68 Å². The summed E-state index contributed by atoms with van der Waals surface area (Å²) >= 11 is 17.8. The summed E-state index contributed by atoms with van der Waals surface area (Å²) in [5, 5.41) is 5.88. The summed E-state index contributed by atoms with van der Waals surface area (Å²) in [6, 6.07) is 6.95. The Morgan fingerprint density at radius 3 is 2.07 bits per heavy atom. The fraction of sp³-hybridized carbons (Fsp3) is 0.100. The first kappa shape index (κ1) is 10.8. The van der Waals surface area contributed by atoms with E-state index in [0.29, 0.717) is 15.2 Å². The minimum absolute atomic E-state index is 0.533. The third kappa shape index (κ3) is 2.28. The third-order valence-electron chi connectivity index (χ3n) is 1.88. The molecule has 2 rings (SSSR count). The van der Waals surface area contributed by atoms with Crippen molar-refractivity contribution in [3.63, 3.8) is 0 Å². The first-order valence-corrected chi connectivity index (χ1v) is 5.38. The number of nitrogens with zero attached hydrogens (tertiary/aromatic N) is 2. The van der Waals surface area contributed by atoms with E-state index in [1.807, 2.05) is 6.92 Å². The Bertz CT molecular complexity index is 485. The standard InChI is InChI=1S/C10H7Cl3N2/c1-6-2-10(13)15(14-6)9-4-7(11)3-8(12)5-9/h2-5H,1H3. The van der Waals surface area contributed by atoms with E-state index in [-0.39, 0.29) is 0 Å². The highest BCUT2D eigenvalue weighted by molar-refractivity contribution is 6.35. The average Bonchev–Trinajstić information content (AvgIpc) is 2.43. The van der Waals surface area contributed by atoms with Gasteiger partial charge in [-0.3, -0.25) is 0 Å². The van der Waals surface area contributed by atoms with Crippen LogP contribution in [-0.2, 0) is 0 Å². The molecule has 2 aromatic rings. The summed E-state index contributed by atoms with van der Waals surface area (Å²) in [4.78, 5) is 0. The highest BCUT2D eigenvalue weighted by Gasteiger charge is 2.06. The van der Waals surface area contributed by atoms with Gasteiger partial charge < -0.3 is 0 Å². The fourth-order valence-corrected chi connectivity index (χ4v) is 2.12. The smallest absolute Gasteiger partial charge is 0.133 e. The monoisotopic (exact) mass is 260 g/mol. The zero-order valence-corrected chi connectivity index (χ0v) is 10.1. The van der Waals surface area contributed by atoms with Crippen LogP contribution >= 0.6 is 34.8 Å². The zero-order chi connectivity index (χ0) is 11.0. The molecular formula is C10H7Cl3N2. The van der Waals surface area contributed by atoms with E-state index >= 15 is 0 Å². The predicted octanol–water partition coefficient (Wildman–Crippen LogP) is 4.14. The lowest BCUT2D eigenvalue weighted by Crippen LogP contribution is -1.96. The lowest BCUT2D eigenvalue weighted by Gasteiger charge is -2.04. The van der Waals surface area contributed by atoms with E-state index in [1.54, 1.807) is 28.9 Å². The number of benzene rings is 1. The SMILES string of the molecule is Cc1cc(Cl)n(-c2cc(Cl)cc(Cl)c2)n1. The lowest BCUT2D eigenvalue weighted by molar-refractivity contribution is 0.863. The van der Waals surface area contributed by atoms with Crippen LogP contribution in [0.15, 0.2) is 24.3 Å². The molecule has 0 aliphatic carbocycles. The van der Waals surface area contributed by atoms with Crippen molar-refractivity contribution in [1.82, 2.24) is 9.78 Å². The molecule has 78 valence electrons. The first-order chi connectivity index (χ1) is 7.06. The lowest BCUT2D eigenvalue weighted by atomic mass is 10.3. The minimum atomic E-state index is 0.533. The molecule has 0 unspecified atom stereocenters. The molecule has 0 bridgehead atoms. The number of hydrogen-bond acceptors (Lipinski definition) is 1. The van der Waals surface area contributed by atoms with Crippen LogP contribution in [0.3, 0.4) is 0 Å². The summed E-state index contributed by atoms with van der Waals surface area (Å²) in [6.07, 6.45) is 0. The largest absolute Gasteiger partial charge is 0.222 e. The van der Waals surface area contributed by atoms with Gasteiger partial charge in [-0.05, 0) is 31.2 Å².